The van der Waals surface area contributed by atoms with Gasteiger partial charge in [-0.15, -0.1) is 12.4 Å². The fourth-order valence-electron chi connectivity index (χ4n) is 1.08. The topological polar surface area (TPSA) is 41.1 Å². The van der Waals surface area contributed by atoms with Gasteiger partial charge < -0.3 is 10.6 Å². The SMILES string of the molecule is CNCCNC(=O)c1cccc(F)c1F.Cl. The molecular formula is C10H13ClF2N2O. The van der Waals surface area contributed by atoms with E-state index in [2.05, 4.69) is 10.6 Å². The van der Waals surface area contributed by atoms with Crippen molar-refractivity contribution in [3.05, 3.63) is 35.4 Å². The maximum absolute atomic E-state index is 13.1. The van der Waals surface area contributed by atoms with E-state index in [1.807, 2.05) is 0 Å². The molecular weight excluding hydrogens is 238 g/mol. The summed E-state index contributed by atoms with van der Waals surface area (Å²) in [5, 5.41) is 5.28. The third kappa shape index (κ3) is 3.75. The summed E-state index contributed by atoms with van der Waals surface area (Å²) in [5.41, 5.74) is -0.272. The molecule has 1 rings (SSSR count). The molecule has 90 valence electrons. The molecule has 1 aromatic carbocycles. The van der Waals surface area contributed by atoms with Gasteiger partial charge in [0.25, 0.3) is 5.91 Å². The molecule has 1 amide bonds. The summed E-state index contributed by atoms with van der Waals surface area (Å²) in [4.78, 5) is 11.3. The predicted molar refractivity (Wildman–Crippen MR) is 59.9 cm³/mol. The van der Waals surface area contributed by atoms with Gasteiger partial charge in [-0.3, -0.25) is 4.79 Å². The molecule has 0 saturated carbocycles. The first-order valence-corrected chi connectivity index (χ1v) is 4.53. The summed E-state index contributed by atoms with van der Waals surface area (Å²) < 4.78 is 25.9. The minimum atomic E-state index is -1.11. The van der Waals surface area contributed by atoms with Gasteiger partial charge in [0, 0.05) is 13.1 Å². The zero-order chi connectivity index (χ0) is 11.3. The molecule has 16 heavy (non-hydrogen) atoms. The zero-order valence-electron chi connectivity index (χ0n) is 8.72. The molecule has 0 saturated heterocycles. The summed E-state index contributed by atoms with van der Waals surface area (Å²) in [6.45, 7) is 0.938. The number of benzene rings is 1. The van der Waals surface area contributed by atoms with Gasteiger partial charge in [0.15, 0.2) is 11.6 Å². The number of rotatable bonds is 4. The summed E-state index contributed by atoms with van der Waals surface area (Å²) in [5.74, 6) is -2.74. The van der Waals surface area contributed by atoms with Crippen LogP contribution in [0.3, 0.4) is 0 Å². The van der Waals surface area contributed by atoms with E-state index < -0.39 is 17.5 Å². The van der Waals surface area contributed by atoms with Crippen molar-refractivity contribution in [2.45, 2.75) is 0 Å². The van der Waals surface area contributed by atoms with Crippen molar-refractivity contribution in [1.29, 1.82) is 0 Å². The van der Waals surface area contributed by atoms with E-state index in [1.165, 1.54) is 12.1 Å². The van der Waals surface area contributed by atoms with Crippen LogP contribution in [-0.4, -0.2) is 26.0 Å². The highest BCUT2D eigenvalue weighted by molar-refractivity contribution is 5.94. The van der Waals surface area contributed by atoms with Crippen molar-refractivity contribution >= 4 is 18.3 Å². The van der Waals surface area contributed by atoms with Crippen molar-refractivity contribution in [2.75, 3.05) is 20.1 Å². The van der Waals surface area contributed by atoms with Crippen molar-refractivity contribution in [2.24, 2.45) is 0 Å². The fourth-order valence-corrected chi connectivity index (χ4v) is 1.08. The van der Waals surface area contributed by atoms with Gasteiger partial charge in [-0.05, 0) is 19.2 Å². The molecule has 0 aliphatic rings. The van der Waals surface area contributed by atoms with Crippen LogP contribution < -0.4 is 10.6 Å². The van der Waals surface area contributed by atoms with Crippen LogP contribution in [-0.2, 0) is 0 Å². The molecule has 0 aromatic heterocycles. The molecule has 3 nitrogen and oxygen atoms in total. The van der Waals surface area contributed by atoms with Crippen LogP contribution >= 0.6 is 12.4 Å². The van der Waals surface area contributed by atoms with Gasteiger partial charge in [0.2, 0.25) is 0 Å². The average molecular weight is 251 g/mol. The number of hydrogen-bond donors (Lipinski definition) is 2. The van der Waals surface area contributed by atoms with Crippen LogP contribution in [0.2, 0.25) is 0 Å². The van der Waals surface area contributed by atoms with E-state index >= 15 is 0 Å². The Morgan fingerprint density at radius 3 is 2.62 bits per heavy atom. The summed E-state index contributed by atoms with van der Waals surface area (Å²) >= 11 is 0. The number of amides is 1. The first-order chi connectivity index (χ1) is 7.16. The van der Waals surface area contributed by atoms with E-state index in [0.29, 0.717) is 13.1 Å². The molecule has 0 aliphatic carbocycles. The maximum atomic E-state index is 13.1. The molecule has 2 N–H and O–H groups in total. The Morgan fingerprint density at radius 1 is 1.31 bits per heavy atom. The Morgan fingerprint density at radius 2 is 2.00 bits per heavy atom. The molecule has 6 heteroatoms. The number of carbonyl (C=O) groups excluding carboxylic acids is 1. The Balaban J connectivity index is 0.00000225. The fraction of sp³-hybridized carbons (Fsp3) is 0.300. The molecule has 0 spiro atoms. The first-order valence-electron chi connectivity index (χ1n) is 4.53. The first kappa shape index (κ1) is 14.8. The largest absolute Gasteiger partial charge is 0.351 e. The van der Waals surface area contributed by atoms with Gasteiger partial charge in [0.1, 0.15) is 0 Å². The van der Waals surface area contributed by atoms with Gasteiger partial charge in [-0.25, -0.2) is 8.78 Å². The molecule has 0 fully saturated rings. The highest BCUT2D eigenvalue weighted by atomic mass is 35.5. The van der Waals surface area contributed by atoms with Crippen LogP contribution in [0, 0.1) is 11.6 Å². The smallest absolute Gasteiger partial charge is 0.254 e. The van der Waals surface area contributed by atoms with Crippen molar-refractivity contribution < 1.29 is 13.6 Å². The van der Waals surface area contributed by atoms with Gasteiger partial charge in [-0.2, -0.15) is 0 Å². The number of carbonyl (C=O) groups is 1. The molecule has 0 atom stereocenters. The monoisotopic (exact) mass is 250 g/mol. The van der Waals surface area contributed by atoms with Crippen LogP contribution in [0.15, 0.2) is 18.2 Å². The highest BCUT2D eigenvalue weighted by Crippen LogP contribution is 2.10. The van der Waals surface area contributed by atoms with Crippen molar-refractivity contribution in [3.8, 4) is 0 Å². The Kier molecular flexibility index (Phi) is 6.60. The standard InChI is InChI=1S/C10H12F2N2O.ClH/c1-13-5-6-14-10(15)7-3-2-4-8(11)9(7)12;/h2-4,13H,5-6H2,1H3,(H,14,15);1H. The number of nitrogens with one attached hydrogen (secondary N) is 2. The Hall–Kier alpha value is -1.20. The lowest BCUT2D eigenvalue weighted by molar-refractivity contribution is 0.0949. The molecule has 0 radical (unpaired) electrons. The lowest BCUT2D eigenvalue weighted by Crippen LogP contribution is -2.31. The summed E-state index contributed by atoms with van der Waals surface area (Å²) in [6, 6.07) is 3.51. The normalized spacial score (nSPS) is 9.44. The number of likely N-dealkylation sites (N-methyl/N-ethyl adjacent to an activating group) is 1. The third-order valence-corrected chi connectivity index (χ3v) is 1.86. The second-order valence-corrected chi connectivity index (χ2v) is 2.96. The van der Waals surface area contributed by atoms with Gasteiger partial charge in [-0.1, -0.05) is 6.07 Å². The van der Waals surface area contributed by atoms with E-state index in [1.54, 1.807) is 7.05 Å². The predicted octanol–water partition coefficient (Wildman–Crippen LogP) is 1.34. The molecule has 0 heterocycles. The van der Waals surface area contributed by atoms with E-state index in [9.17, 15) is 13.6 Å². The summed E-state index contributed by atoms with van der Waals surface area (Å²) in [6.07, 6.45) is 0. The quantitative estimate of drug-likeness (QED) is 0.792. The minimum absolute atomic E-state index is 0. The zero-order valence-corrected chi connectivity index (χ0v) is 9.54. The van der Waals surface area contributed by atoms with Crippen LogP contribution in [0.1, 0.15) is 10.4 Å². The minimum Gasteiger partial charge on any atom is -0.351 e. The lowest BCUT2D eigenvalue weighted by atomic mass is 10.2. The second kappa shape index (κ2) is 7.14. The Bertz CT molecular complexity index is 361. The van der Waals surface area contributed by atoms with Crippen LogP contribution in [0.25, 0.3) is 0 Å². The highest BCUT2D eigenvalue weighted by Gasteiger charge is 2.13. The number of hydrogen-bond acceptors (Lipinski definition) is 2. The molecule has 0 unspecified atom stereocenters. The molecule has 0 bridgehead atoms. The molecule has 1 aromatic rings. The third-order valence-electron chi connectivity index (χ3n) is 1.86. The maximum Gasteiger partial charge on any atom is 0.254 e. The lowest BCUT2D eigenvalue weighted by Gasteiger charge is -2.05. The average Bonchev–Trinajstić information content (AvgIpc) is 2.22. The van der Waals surface area contributed by atoms with Crippen molar-refractivity contribution in [1.82, 2.24) is 10.6 Å². The Labute approximate surface area is 98.6 Å². The molecule has 0 aliphatic heterocycles. The van der Waals surface area contributed by atoms with E-state index in [-0.39, 0.29) is 18.0 Å². The summed E-state index contributed by atoms with van der Waals surface area (Å²) in [7, 11) is 1.73. The van der Waals surface area contributed by atoms with Crippen LogP contribution in [0.4, 0.5) is 8.78 Å². The van der Waals surface area contributed by atoms with Crippen molar-refractivity contribution in [3.63, 3.8) is 0 Å². The number of halogens is 3. The van der Waals surface area contributed by atoms with E-state index in [4.69, 9.17) is 0 Å². The van der Waals surface area contributed by atoms with E-state index in [0.717, 1.165) is 6.07 Å². The van der Waals surface area contributed by atoms with Gasteiger partial charge in [0.05, 0.1) is 5.56 Å². The van der Waals surface area contributed by atoms with Crippen LogP contribution in [0.5, 0.6) is 0 Å². The second-order valence-electron chi connectivity index (χ2n) is 2.96. The van der Waals surface area contributed by atoms with Gasteiger partial charge >= 0.3 is 0 Å².